The summed E-state index contributed by atoms with van der Waals surface area (Å²) in [7, 11) is 1.80. The Morgan fingerprint density at radius 3 is 2.92 bits per heavy atom. The second-order valence-corrected chi connectivity index (χ2v) is 3.23. The fourth-order valence-corrected chi connectivity index (χ4v) is 1.64. The average molecular weight is 179 g/mol. The number of carbonyl (C=O) groups excluding carboxylic acids is 1. The van der Waals surface area contributed by atoms with Gasteiger partial charge >= 0.3 is 0 Å². The van der Waals surface area contributed by atoms with Gasteiger partial charge in [0.25, 0.3) is 0 Å². The molecule has 3 heteroatoms. The summed E-state index contributed by atoms with van der Waals surface area (Å²) in [6, 6.07) is 4.63. The summed E-state index contributed by atoms with van der Waals surface area (Å²) >= 11 is 0. The molecule has 0 radical (unpaired) electrons. The standard InChI is InChI=1S/C10H10FNO/c1-12-6-5-9(13)7-3-2-4-8(11)10(7)12/h2-4H,5-6H2,1H3. The van der Waals surface area contributed by atoms with Crippen molar-refractivity contribution in [2.24, 2.45) is 0 Å². The summed E-state index contributed by atoms with van der Waals surface area (Å²) in [6.07, 6.45) is 0.479. The minimum Gasteiger partial charge on any atom is -0.371 e. The summed E-state index contributed by atoms with van der Waals surface area (Å²) in [5.74, 6) is -0.277. The number of para-hydroxylation sites is 1. The van der Waals surface area contributed by atoms with Crippen LogP contribution < -0.4 is 4.90 Å². The largest absolute Gasteiger partial charge is 0.371 e. The van der Waals surface area contributed by atoms with Crippen molar-refractivity contribution in [3.05, 3.63) is 29.6 Å². The molecule has 0 bridgehead atoms. The molecule has 0 spiro atoms. The Hall–Kier alpha value is -1.38. The number of rotatable bonds is 0. The summed E-state index contributed by atoms with van der Waals surface area (Å²) in [6.45, 7) is 0.604. The zero-order valence-electron chi connectivity index (χ0n) is 7.38. The highest BCUT2D eigenvalue weighted by Gasteiger charge is 2.22. The van der Waals surface area contributed by atoms with Crippen molar-refractivity contribution in [3.8, 4) is 0 Å². The molecule has 1 heterocycles. The van der Waals surface area contributed by atoms with Crippen LogP contribution in [-0.2, 0) is 0 Å². The first-order valence-electron chi connectivity index (χ1n) is 4.23. The van der Waals surface area contributed by atoms with Crippen LogP contribution in [-0.4, -0.2) is 19.4 Å². The highest BCUT2D eigenvalue weighted by atomic mass is 19.1. The van der Waals surface area contributed by atoms with E-state index in [1.165, 1.54) is 6.07 Å². The van der Waals surface area contributed by atoms with E-state index in [0.717, 1.165) is 0 Å². The van der Waals surface area contributed by atoms with E-state index in [-0.39, 0.29) is 11.6 Å². The third kappa shape index (κ3) is 1.20. The maximum atomic E-state index is 13.3. The van der Waals surface area contributed by atoms with Crippen molar-refractivity contribution in [1.82, 2.24) is 0 Å². The van der Waals surface area contributed by atoms with E-state index < -0.39 is 0 Å². The summed E-state index contributed by atoms with van der Waals surface area (Å²) in [5, 5.41) is 0. The van der Waals surface area contributed by atoms with Crippen LogP contribution in [0.15, 0.2) is 18.2 Å². The van der Waals surface area contributed by atoms with Gasteiger partial charge in [-0.25, -0.2) is 4.39 Å². The molecule has 2 nitrogen and oxygen atoms in total. The van der Waals surface area contributed by atoms with E-state index in [1.807, 2.05) is 0 Å². The molecule has 0 amide bonds. The second-order valence-electron chi connectivity index (χ2n) is 3.23. The van der Waals surface area contributed by atoms with Crippen molar-refractivity contribution in [1.29, 1.82) is 0 Å². The van der Waals surface area contributed by atoms with Crippen molar-refractivity contribution in [3.63, 3.8) is 0 Å². The fraction of sp³-hybridized carbons (Fsp3) is 0.300. The first-order valence-corrected chi connectivity index (χ1v) is 4.23. The molecular formula is C10H10FNO. The highest BCUT2D eigenvalue weighted by molar-refractivity contribution is 6.03. The molecule has 0 saturated heterocycles. The Balaban J connectivity index is 2.63. The van der Waals surface area contributed by atoms with Gasteiger partial charge in [0, 0.05) is 25.6 Å². The third-order valence-corrected chi connectivity index (χ3v) is 2.34. The number of nitrogens with zero attached hydrogens (tertiary/aromatic N) is 1. The average Bonchev–Trinajstić information content (AvgIpc) is 2.12. The van der Waals surface area contributed by atoms with Crippen LogP contribution in [0.2, 0.25) is 0 Å². The van der Waals surface area contributed by atoms with E-state index in [1.54, 1.807) is 24.1 Å². The minimum absolute atomic E-state index is 0.0348. The highest BCUT2D eigenvalue weighted by Crippen LogP contribution is 2.28. The molecule has 1 aliphatic heterocycles. The van der Waals surface area contributed by atoms with Gasteiger partial charge in [0.2, 0.25) is 0 Å². The zero-order chi connectivity index (χ0) is 9.42. The first-order chi connectivity index (χ1) is 6.20. The first kappa shape index (κ1) is 8.23. The maximum absolute atomic E-state index is 13.3. The fourth-order valence-electron chi connectivity index (χ4n) is 1.64. The monoisotopic (exact) mass is 179 g/mol. The van der Waals surface area contributed by atoms with Crippen LogP contribution in [0.25, 0.3) is 0 Å². The number of anilines is 1. The minimum atomic E-state index is -0.312. The lowest BCUT2D eigenvalue weighted by atomic mass is 10.0. The lowest BCUT2D eigenvalue weighted by Crippen LogP contribution is -2.29. The van der Waals surface area contributed by atoms with Crippen LogP contribution in [0.3, 0.4) is 0 Å². The number of hydrogen-bond donors (Lipinski definition) is 0. The van der Waals surface area contributed by atoms with E-state index in [9.17, 15) is 9.18 Å². The van der Waals surface area contributed by atoms with Crippen LogP contribution in [0, 0.1) is 5.82 Å². The van der Waals surface area contributed by atoms with E-state index in [2.05, 4.69) is 0 Å². The number of ketones is 1. The van der Waals surface area contributed by atoms with Gasteiger partial charge in [0.05, 0.1) is 5.69 Å². The Kier molecular flexibility index (Phi) is 1.79. The summed E-state index contributed by atoms with van der Waals surface area (Å²) < 4.78 is 13.3. The number of halogens is 1. The quantitative estimate of drug-likeness (QED) is 0.605. The number of Topliss-reactive ketones (excluding diaryl/α,β-unsaturated/α-hetero) is 1. The van der Waals surface area contributed by atoms with Crippen LogP contribution in [0.1, 0.15) is 16.8 Å². The van der Waals surface area contributed by atoms with E-state index >= 15 is 0 Å². The van der Waals surface area contributed by atoms with Crippen LogP contribution >= 0.6 is 0 Å². The molecule has 1 aromatic carbocycles. The van der Waals surface area contributed by atoms with Gasteiger partial charge in [-0.15, -0.1) is 0 Å². The Bertz CT molecular complexity index is 362. The summed E-state index contributed by atoms with van der Waals surface area (Å²) in [5.41, 5.74) is 0.951. The smallest absolute Gasteiger partial charge is 0.166 e. The van der Waals surface area contributed by atoms with Gasteiger partial charge in [-0.3, -0.25) is 4.79 Å². The molecule has 0 aliphatic carbocycles. The molecule has 2 rings (SSSR count). The molecule has 0 aromatic heterocycles. The molecule has 1 aliphatic rings. The van der Waals surface area contributed by atoms with Crippen LogP contribution in [0.4, 0.5) is 10.1 Å². The Morgan fingerprint density at radius 2 is 2.23 bits per heavy atom. The van der Waals surface area contributed by atoms with Crippen molar-refractivity contribution in [2.75, 3.05) is 18.5 Å². The molecule has 13 heavy (non-hydrogen) atoms. The van der Waals surface area contributed by atoms with Gasteiger partial charge < -0.3 is 4.90 Å². The maximum Gasteiger partial charge on any atom is 0.166 e. The van der Waals surface area contributed by atoms with Crippen molar-refractivity contribution < 1.29 is 9.18 Å². The Labute approximate surface area is 76.0 Å². The molecule has 0 saturated carbocycles. The van der Waals surface area contributed by atoms with Gasteiger partial charge in [0.15, 0.2) is 5.78 Å². The van der Waals surface area contributed by atoms with Crippen LogP contribution in [0.5, 0.6) is 0 Å². The lowest BCUT2D eigenvalue weighted by molar-refractivity contribution is 0.0980. The summed E-state index contributed by atoms with van der Waals surface area (Å²) in [4.78, 5) is 13.2. The lowest BCUT2D eigenvalue weighted by Gasteiger charge is -2.26. The van der Waals surface area contributed by atoms with Gasteiger partial charge in [-0.2, -0.15) is 0 Å². The molecular weight excluding hydrogens is 169 g/mol. The van der Waals surface area contributed by atoms with E-state index in [0.29, 0.717) is 24.2 Å². The predicted molar refractivity (Wildman–Crippen MR) is 48.6 cm³/mol. The van der Waals surface area contributed by atoms with Gasteiger partial charge in [-0.05, 0) is 12.1 Å². The number of benzene rings is 1. The zero-order valence-corrected chi connectivity index (χ0v) is 7.38. The number of hydrogen-bond acceptors (Lipinski definition) is 2. The molecule has 68 valence electrons. The predicted octanol–water partition coefficient (Wildman–Crippen LogP) is 1.85. The van der Waals surface area contributed by atoms with Crippen molar-refractivity contribution in [2.45, 2.75) is 6.42 Å². The molecule has 0 atom stereocenters. The number of fused-ring (bicyclic) bond motifs is 1. The molecule has 0 fully saturated rings. The molecule has 0 unspecified atom stereocenters. The Morgan fingerprint density at radius 1 is 1.46 bits per heavy atom. The second kappa shape index (κ2) is 2.83. The molecule has 1 aromatic rings. The molecule has 0 N–H and O–H groups in total. The van der Waals surface area contributed by atoms with E-state index in [4.69, 9.17) is 0 Å². The van der Waals surface area contributed by atoms with Gasteiger partial charge in [0.1, 0.15) is 5.82 Å². The third-order valence-electron chi connectivity index (χ3n) is 2.34. The topological polar surface area (TPSA) is 20.3 Å². The SMILES string of the molecule is CN1CCC(=O)c2cccc(F)c21. The number of carbonyl (C=O) groups is 1. The van der Waals surface area contributed by atoms with Gasteiger partial charge in [-0.1, -0.05) is 6.07 Å². The normalized spacial score (nSPS) is 15.8. The van der Waals surface area contributed by atoms with Crippen molar-refractivity contribution >= 4 is 11.5 Å².